The highest BCUT2D eigenvalue weighted by Gasteiger charge is 2.12. The van der Waals surface area contributed by atoms with Crippen LogP contribution >= 0.6 is 23.1 Å². The van der Waals surface area contributed by atoms with Crippen molar-refractivity contribution in [3.8, 4) is 6.07 Å². The molecule has 2 aromatic heterocycles. The SMILES string of the molecule is CCc1nc(CSc2nnc(C)c(C)c2C#N)cs1. The summed E-state index contributed by atoms with van der Waals surface area (Å²) < 4.78 is 0. The van der Waals surface area contributed by atoms with Gasteiger partial charge in [-0.25, -0.2) is 4.98 Å². The predicted octanol–water partition coefficient (Wildman–Crippen LogP) is 3.28. The Morgan fingerprint density at radius 3 is 2.79 bits per heavy atom. The molecule has 0 radical (unpaired) electrons. The normalized spacial score (nSPS) is 10.4. The molecule has 2 aromatic rings. The van der Waals surface area contributed by atoms with Crippen LogP contribution in [0.25, 0.3) is 0 Å². The maximum absolute atomic E-state index is 9.22. The third-order valence-corrected chi connectivity index (χ3v) is 4.83. The van der Waals surface area contributed by atoms with Gasteiger partial charge in [0.2, 0.25) is 0 Å². The Morgan fingerprint density at radius 2 is 2.16 bits per heavy atom. The minimum Gasteiger partial charge on any atom is -0.245 e. The number of thioether (sulfide) groups is 1. The maximum atomic E-state index is 9.22. The van der Waals surface area contributed by atoms with Crippen molar-refractivity contribution in [2.45, 2.75) is 38.0 Å². The summed E-state index contributed by atoms with van der Waals surface area (Å²) in [7, 11) is 0. The lowest BCUT2D eigenvalue weighted by atomic mass is 10.1. The van der Waals surface area contributed by atoms with Gasteiger partial charge in [0, 0.05) is 11.1 Å². The number of nitrogens with zero attached hydrogens (tertiary/aromatic N) is 4. The first-order chi connectivity index (χ1) is 9.15. The Hall–Kier alpha value is -1.45. The molecule has 0 bridgehead atoms. The summed E-state index contributed by atoms with van der Waals surface area (Å²) in [4.78, 5) is 4.51. The third kappa shape index (κ3) is 3.11. The van der Waals surface area contributed by atoms with Crippen molar-refractivity contribution in [1.82, 2.24) is 15.2 Å². The highest BCUT2D eigenvalue weighted by atomic mass is 32.2. The van der Waals surface area contributed by atoms with E-state index in [1.165, 1.54) is 11.8 Å². The van der Waals surface area contributed by atoms with E-state index in [2.05, 4.69) is 33.6 Å². The van der Waals surface area contributed by atoms with Crippen molar-refractivity contribution in [2.75, 3.05) is 0 Å². The number of rotatable bonds is 4. The number of hydrogen-bond acceptors (Lipinski definition) is 6. The van der Waals surface area contributed by atoms with Crippen LogP contribution in [0, 0.1) is 25.2 Å². The largest absolute Gasteiger partial charge is 0.245 e. The van der Waals surface area contributed by atoms with Crippen LogP contribution in [0.5, 0.6) is 0 Å². The molecule has 0 aliphatic heterocycles. The van der Waals surface area contributed by atoms with Crippen LogP contribution in [-0.4, -0.2) is 15.2 Å². The minimum absolute atomic E-state index is 0.628. The molecule has 0 N–H and O–H groups in total. The fourth-order valence-electron chi connectivity index (χ4n) is 1.54. The zero-order valence-corrected chi connectivity index (χ0v) is 12.7. The molecule has 2 heterocycles. The molecule has 0 aromatic carbocycles. The fourth-order valence-corrected chi connectivity index (χ4v) is 3.26. The summed E-state index contributed by atoms with van der Waals surface area (Å²) in [6.45, 7) is 5.87. The van der Waals surface area contributed by atoms with Gasteiger partial charge in [-0.2, -0.15) is 10.4 Å². The van der Waals surface area contributed by atoms with Gasteiger partial charge >= 0.3 is 0 Å². The number of nitriles is 1. The van der Waals surface area contributed by atoms with Gasteiger partial charge in [0.25, 0.3) is 0 Å². The van der Waals surface area contributed by atoms with Gasteiger partial charge in [0.15, 0.2) is 0 Å². The summed E-state index contributed by atoms with van der Waals surface area (Å²) >= 11 is 3.19. The van der Waals surface area contributed by atoms with Crippen LogP contribution in [0.3, 0.4) is 0 Å². The van der Waals surface area contributed by atoms with Crippen LogP contribution in [0.15, 0.2) is 10.4 Å². The standard InChI is InChI=1S/C13H14N4S2/c1-4-12-15-10(6-18-12)7-19-13-11(5-14)8(2)9(3)16-17-13/h6H,4,7H2,1-3H3. The lowest BCUT2D eigenvalue weighted by Crippen LogP contribution is -1.99. The third-order valence-electron chi connectivity index (χ3n) is 2.79. The topological polar surface area (TPSA) is 62.5 Å². The van der Waals surface area contributed by atoms with Crippen molar-refractivity contribution in [2.24, 2.45) is 0 Å². The Labute approximate surface area is 120 Å². The molecule has 0 aliphatic carbocycles. The average molecular weight is 290 g/mol. The van der Waals surface area contributed by atoms with E-state index >= 15 is 0 Å². The van der Waals surface area contributed by atoms with Crippen LogP contribution in [0.2, 0.25) is 0 Å². The lowest BCUT2D eigenvalue weighted by molar-refractivity contribution is 0.870. The van der Waals surface area contributed by atoms with Crippen molar-refractivity contribution in [1.29, 1.82) is 5.26 Å². The van der Waals surface area contributed by atoms with Crippen LogP contribution < -0.4 is 0 Å². The number of hydrogen-bond donors (Lipinski definition) is 0. The number of thiazole rings is 1. The molecule has 0 saturated carbocycles. The van der Waals surface area contributed by atoms with Crippen LogP contribution in [0.1, 0.15) is 34.4 Å². The van der Waals surface area contributed by atoms with Gasteiger partial charge in [-0.1, -0.05) is 18.7 Å². The monoisotopic (exact) mass is 290 g/mol. The molecular weight excluding hydrogens is 276 g/mol. The van der Waals surface area contributed by atoms with E-state index in [9.17, 15) is 5.26 Å². The molecular formula is C13H14N4S2. The van der Waals surface area contributed by atoms with Crippen molar-refractivity contribution >= 4 is 23.1 Å². The highest BCUT2D eigenvalue weighted by Crippen LogP contribution is 2.26. The van der Waals surface area contributed by atoms with E-state index in [1.807, 2.05) is 13.8 Å². The van der Waals surface area contributed by atoms with Crippen molar-refractivity contribution in [3.63, 3.8) is 0 Å². The van der Waals surface area contributed by atoms with Crippen molar-refractivity contribution < 1.29 is 0 Å². The van der Waals surface area contributed by atoms with Gasteiger partial charge in [0.1, 0.15) is 11.1 Å². The molecule has 0 atom stereocenters. The van der Waals surface area contributed by atoms with Gasteiger partial charge in [-0.3, -0.25) is 0 Å². The molecule has 19 heavy (non-hydrogen) atoms. The molecule has 6 heteroatoms. The summed E-state index contributed by atoms with van der Waals surface area (Å²) in [5, 5.41) is 21.3. The number of aryl methyl sites for hydroxylation is 2. The second kappa shape index (κ2) is 6.13. The Morgan fingerprint density at radius 1 is 1.37 bits per heavy atom. The molecule has 0 fully saturated rings. The molecule has 4 nitrogen and oxygen atoms in total. The summed E-state index contributed by atoms with van der Waals surface area (Å²) in [5.41, 5.74) is 3.38. The number of aromatic nitrogens is 3. The summed E-state index contributed by atoms with van der Waals surface area (Å²) in [5.74, 6) is 0.725. The van der Waals surface area contributed by atoms with Gasteiger partial charge < -0.3 is 0 Å². The second-order valence-corrected chi connectivity index (χ2v) is 5.98. The summed E-state index contributed by atoms with van der Waals surface area (Å²) in [6, 6.07) is 2.22. The minimum atomic E-state index is 0.628. The van der Waals surface area contributed by atoms with Gasteiger partial charge in [-0.15, -0.1) is 16.4 Å². The zero-order valence-electron chi connectivity index (χ0n) is 11.1. The maximum Gasteiger partial charge on any atom is 0.137 e. The molecule has 0 saturated heterocycles. The lowest BCUT2D eigenvalue weighted by Gasteiger charge is -2.05. The fraction of sp³-hybridized carbons (Fsp3) is 0.385. The molecule has 2 rings (SSSR count). The Kier molecular flexibility index (Phi) is 4.51. The first kappa shape index (κ1) is 14.0. The quantitative estimate of drug-likeness (QED) is 0.809. The highest BCUT2D eigenvalue weighted by molar-refractivity contribution is 7.98. The van der Waals surface area contributed by atoms with E-state index < -0.39 is 0 Å². The van der Waals surface area contributed by atoms with Crippen LogP contribution in [0.4, 0.5) is 0 Å². The van der Waals surface area contributed by atoms with E-state index in [-0.39, 0.29) is 0 Å². The molecule has 0 unspecified atom stereocenters. The zero-order chi connectivity index (χ0) is 13.8. The van der Waals surface area contributed by atoms with Crippen LogP contribution in [-0.2, 0) is 12.2 Å². The molecule has 0 spiro atoms. The predicted molar refractivity (Wildman–Crippen MR) is 77.3 cm³/mol. The molecule has 0 aliphatic rings. The smallest absolute Gasteiger partial charge is 0.137 e. The Bertz CT molecular complexity index is 628. The first-order valence-electron chi connectivity index (χ1n) is 5.95. The van der Waals surface area contributed by atoms with E-state index in [4.69, 9.17) is 0 Å². The van der Waals surface area contributed by atoms with Gasteiger partial charge in [-0.05, 0) is 25.8 Å². The average Bonchev–Trinajstić information content (AvgIpc) is 2.88. The van der Waals surface area contributed by atoms with E-state index in [0.29, 0.717) is 10.6 Å². The Balaban J connectivity index is 2.16. The van der Waals surface area contributed by atoms with Crippen molar-refractivity contribution in [3.05, 3.63) is 32.9 Å². The van der Waals surface area contributed by atoms with Gasteiger partial charge in [0.05, 0.1) is 22.0 Å². The van der Waals surface area contributed by atoms with E-state index in [0.717, 1.165) is 34.1 Å². The van der Waals surface area contributed by atoms with E-state index in [1.54, 1.807) is 11.3 Å². The molecule has 98 valence electrons. The molecule has 0 amide bonds. The summed E-state index contributed by atoms with van der Waals surface area (Å²) in [6.07, 6.45) is 0.961. The first-order valence-corrected chi connectivity index (χ1v) is 7.82. The second-order valence-electron chi connectivity index (χ2n) is 4.08.